The Hall–Kier alpha value is -1.81. The number of carbonyl (C=O) groups is 1. The van der Waals surface area contributed by atoms with Crippen molar-refractivity contribution >= 4 is 23.4 Å². The number of thioether (sulfide) groups is 1. The summed E-state index contributed by atoms with van der Waals surface area (Å²) in [5.74, 6) is 1.14. The van der Waals surface area contributed by atoms with Crippen molar-refractivity contribution in [1.29, 1.82) is 0 Å². The second-order valence-corrected chi connectivity index (χ2v) is 5.83. The molecule has 4 heteroatoms. The van der Waals surface area contributed by atoms with Gasteiger partial charge in [-0.2, -0.15) is 0 Å². The van der Waals surface area contributed by atoms with Gasteiger partial charge in [-0.25, -0.2) is 4.98 Å². The molecule has 1 atom stereocenters. The normalized spacial score (nSPS) is 18.5. The van der Waals surface area contributed by atoms with E-state index in [4.69, 9.17) is 0 Å². The molecule has 1 aromatic heterocycles. The number of carbonyl (C=O) groups excluding carboxylic acids is 1. The largest absolute Gasteiger partial charge is 0.312 e. The summed E-state index contributed by atoms with van der Waals surface area (Å²) < 4.78 is 0. The van der Waals surface area contributed by atoms with Gasteiger partial charge in [-0.05, 0) is 30.7 Å². The molecule has 3 rings (SSSR count). The van der Waals surface area contributed by atoms with Crippen LogP contribution in [0.5, 0.6) is 0 Å². The van der Waals surface area contributed by atoms with Gasteiger partial charge in [0.05, 0.1) is 5.03 Å². The number of pyridine rings is 1. The van der Waals surface area contributed by atoms with Gasteiger partial charge >= 0.3 is 0 Å². The number of aromatic nitrogens is 1. The Balaban J connectivity index is 1.62. The molecule has 102 valence electrons. The molecule has 3 nitrogen and oxygen atoms in total. The van der Waals surface area contributed by atoms with Gasteiger partial charge in [0.15, 0.2) is 0 Å². The van der Waals surface area contributed by atoms with Crippen LogP contribution in [0, 0.1) is 5.92 Å². The molecule has 1 aromatic carbocycles. The Labute approximate surface area is 123 Å². The fraction of sp³-hybridized carbons (Fsp3) is 0.250. The smallest absolute Gasteiger partial charge is 0.231 e. The van der Waals surface area contributed by atoms with E-state index in [1.54, 1.807) is 18.0 Å². The summed E-state index contributed by atoms with van der Waals surface area (Å²) in [6, 6.07) is 15.8. The maximum Gasteiger partial charge on any atom is 0.231 e. The minimum Gasteiger partial charge on any atom is -0.312 e. The van der Waals surface area contributed by atoms with E-state index in [9.17, 15) is 4.79 Å². The molecule has 0 bridgehead atoms. The molecule has 1 amide bonds. The molecule has 2 aromatic rings. The van der Waals surface area contributed by atoms with Gasteiger partial charge in [0, 0.05) is 30.1 Å². The number of para-hydroxylation sites is 1. The third-order valence-electron chi connectivity index (χ3n) is 3.45. The summed E-state index contributed by atoms with van der Waals surface area (Å²) in [6.45, 7) is 0.816. The quantitative estimate of drug-likeness (QED) is 0.808. The van der Waals surface area contributed by atoms with Gasteiger partial charge < -0.3 is 4.90 Å². The molecule has 0 aliphatic carbocycles. The lowest BCUT2D eigenvalue weighted by atomic mass is 10.1. The molecule has 1 unspecified atom stereocenters. The number of amides is 1. The highest BCUT2D eigenvalue weighted by atomic mass is 32.2. The third kappa shape index (κ3) is 2.85. The number of hydrogen-bond acceptors (Lipinski definition) is 3. The Morgan fingerprint density at radius 2 is 1.95 bits per heavy atom. The topological polar surface area (TPSA) is 33.2 Å². The van der Waals surface area contributed by atoms with Crippen LogP contribution in [-0.2, 0) is 4.79 Å². The van der Waals surface area contributed by atoms with E-state index in [0.717, 1.165) is 29.4 Å². The van der Waals surface area contributed by atoms with Crippen LogP contribution in [0.1, 0.15) is 6.42 Å². The summed E-state index contributed by atoms with van der Waals surface area (Å²) in [7, 11) is 0. The lowest BCUT2D eigenvalue weighted by Crippen LogP contribution is -2.27. The molecule has 1 aliphatic heterocycles. The first-order valence-electron chi connectivity index (χ1n) is 6.75. The molecular weight excluding hydrogens is 268 g/mol. The second-order valence-electron chi connectivity index (χ2n) is 4.79. The number of benzene rings is 1. The minimum atomic E-state index is 0.0993. The van der Waals surface area contributed by atoms with Crippen molar-refractivity contribution in [2.45, 2.75) is 11.4 Å². The van der Waals surface area contributed by atoms with Gasteiger partial charge in [-0.15, -0.1) is 11.8 Å². The van der Waals surface area contributed by atoms with Crippen LogP contribution in [0.3, 0.4) is 0 Å². The van der Waals surface area contributed by atoms with Crippen molar-refractivity contribution in [2.24, 2.45) is 5.92 Å². The molecule has 0 spiro atoms. The number of hydrogen-bond donors (Lipinski definition) is 0. The van der Waals surface area contributed by atoms with Gasteiger partial charge in [0.1, 0.15) is 0 Å². The average Bonchev–Trinajstić information content (AvgIpc) is 2.88. The Morgan fingerprint density at radius 3 is 2.70 bits per heavy atom. The van der Waals surface area contributed by atoms with Crippen LogP contribution in [0.4, 0.5) is 5.69 Å². The van der Waals surface area contributed by atoms with Gasteiger partial charge in [-0.3, -0.25) is 4.79 Å². The van der Waals surface area contributed by atoms with E-state index in [1.807, 2.05) is 53.4 Å². The Morgan fingerprint density at radius 1 is 1.15 bits per heavy atom. The number of nitrogens with zero attached hydrogens (tertiary/aromatic N) is 2. The first-order valence-corrected chi connectivity index (χ1v) is 7.73. The minimum absolute atomic E-state index is 0.0993. The van der Waals surface area contributed by atoms with Crippen molar-refractivity contribution in [3.63, 3.8) is 0 Å². The van der Waals surface area contributed by atoms with E-state index in [-0.39, 0.29) is 11.8 Å². The predicted octanol–water partition coefficient (Wildman–Crippen LogP) is 3.23. The molecule has 0 N–H and O–H groups in total. The Bertz CT molecular complexity index is 574. The maximum absolute atomic E-state index is 12.4. The van der Waals surface area contributed by atoms with Crippen molar-refractivity contribution in [2.75, 3.05) is 17.2 Å². The van der Waals surface area contributed by atoms with Crippen LogP contribution in [0.15, 0.2) is 59.8 Å². The molecule has 2 heterocycles. The highest BCUT2D eigenvalue weighted by Crippen LogP contribution is 2.29. The SMILES string of the molecule is O=C1C(CSc2ccccn2)CCN1c1ccccc1. The fourth-order valence-corrected chi connectivity index (χ4v) is 3.37. The zero-order valence-electron chi connectivity index (χ0n) is 11.1. The molecule has 0 saturated carbocycles. The highest BCUT2D eigenvalue weighted by molar-refractivity contribution is 7.99. The fourth-order valence-electron chi connectivity index (χ4n) is 2.38. The Kier molecular flexibility index (Phi) is 4.02. The van der Waals surface area contributed by atoms with Crippen molar-refractivity contribution in [1.82, 2.24) is 4.98 Å². The van der Waals surface area contributed by atoms with Crippen LogP contribution in [-0.4, -0.2) is 23.2 Å². The maximum atomic E-state index is 12.4. The van der Waals surface area contributed by atoms with E-state index >= 15 is 0 Å². The summed E-state index contributed by atoms with van der Waals surface area (Å²) in [6.07, 6.45) is 2.71. The monoisotopic (exact) mass is 284 g/mol. The third-order valence-corrected chi connectivity index (χ3v) is 4.56. The van der Waals surface area contributed by atoms with Crippen molar-refractivity contribution in [3.05, 3.63) is 54.7 Å². The van der Waals surface area contributed by atoms with Crippen LogP contribution < -0.4 is 4.90 Å². The summed E-state index contributed by atoms with van der Waals surface area (Å²) in [5, 5.41) is 0.985. The molecule has 1 aliphatic rings. The van der Waals surface area contributed by atoms with E-state index < -0.39 is 0 Å². The first-order chi connectivity index (χ1) is 9.84. The number of rotatable bonds is 4. The molecule has 1 fully saturated rings. The van der Waals surface area contributed by atoms with Crippen LogP contribution in [0.25, 0.3) is 0 Å². The van der Waals surface area contributed by atoms with Crippen LogP contribution >= 0.6 is 11.8 Å². The van der Waals surface area contributed by atoms with Crippen molar-refractivity contribution < 1.29 is 4.79 Å². The van der Waals surface area contributed by atoms with E-state index in [0.29, 0.717) is 0 Å². The van der Waals surface area contributed by atoms with Crippen LogP contribution in [0.2, 0.25) is 0 Å². The van der Waals surface area contributed by atoms with Crippen molar-refractivity contribution in [3.8, 4) is 0 Å². The second kappa shape index (κ2) is 6.09. The highest BCUT2D eigenvalue weighted by Gasteiger charge is 2.32. The summed E-state index contributed by atoms with van der Waals surface area (Å²) in [5.41, 5.74) is 1.00. The molecular formula is C16H16N2OS. The zero-order chi connectivity index (χ0) is 13.8. The molecule has 1 saturated heterocycles. The number of anilines is 1. The molecule has 20 heavy (non-hydrogen) atoms. The average molecular weight is 284 g/mol. The van der Waals surface area contributed by atoms with Gasteiger partial charge in [0.2, 0.25) is 5.91 Å². The molecule has 0 radical (unpaired) electrons. The van der Waals surface area contributed by atoms with Gasteiger partial charge in [-0.1, -0.05) is 24.3 Å². The van der Waals surface area contributed by atoms with E-state index in [2.05, 4.69) is 4.98 Å². The standard InChI is InChI=1S/C16H16N2OS/c19-16-13(12-20-15-8-4-5-10-17-15)9-11-18(16)14-6-2-1-3-7-14/h1-8,10,13H,9,11-12H2. The van der Waals surface area contributed by atoms with E-state index in [1.165, 1.54) is 0 Å². The van der Waals surface area contributed by atoms with Gasteiger partial charge in [0.25, 0.3) is 0 Å². The summed E-state index contributed by atoms with van der Waals surface area (Å²) in [4.78, 5) is 18.6. The zero-order valence-corrected chi connectivity index (χ0v) is 11.9. The summed E-state index contributed by atoms with van der Waals surface area (Å²) >= 11 is 1.66. The lowest BCUT2D eigenvalue weighted by Gasteiger charge is -2.16. The predicted molar refractivity (Wildman–Crippen MR) is 81.9 cm³/mol. The first kappa shape index (κ1) is 13.2. The lowest BCUT2D eigenvalue weighted by molar-refractivity contribution is -0.119.